The van der Waals surface area contributed by atoms with Crippen LogP contribution in [-0.4, -0.2) is 19.3 Å². The van der Waals surface area contributed by atoms with Gasteiger partial charge < -0.3 is 0 Å². The molecular weight excluding hydrogens is 355 g/mol. The van der Waals surface area contributed by atoms with Crippen molar-refractivity contribution in [3.8, 4) is 0 Å². The quantitative estimate of drug-likeness (QED) is 0.823. The Morgan fingerprint density at radius 3 is 2.58 bits per heavy atom. The Labute approximate surface area is 143 Å². The van der Waals surface area contributed by atoms with E-state index in [1.54, 1.807) is 12.1 Å². The Kier molecular flexibility index (Phi) is 4.56. The number of sulfonamides is 1. The van der Waals surface area contributed by atoms with Crippen molar-refractivity contribution in [3.05, 3.63) is 64.7 Å². The standard InChI is InChI=1S/C16H14ClFN2O3S/c17-15-6-1-10(8-19-15)9-24(22,23)20-16(21)14-7-13(14)11-2-4-12(18)5-3-11/h1-6,8,13-14H,7,9H2,(H,20,21). The number of aromatic nitrogens is 1. The predicted molar refractivity (Wildman–Crippen MR) is 87.3 cm³/mol. The second-order valence-electron chi connectivity index (χ2n) is 5.71. The molecule has 1 fully saturated rings. The Hall–Kier alpha value is -1.99. The van der Waals surface area contributed by atoms with Gasteiger partial charge in [0.1, 0.15) is 11.0 Å². The van der Waals surface area contributed by atoms with Gasteiger partial charge in [0.15, 0.2) is 0 Å². The largest absolute Gasteiger partial charge is 0.274 e. The van der Waals surface area contributed by atoms with Gasteiger partial charge in [-0.3, -0.25) is 9.52 Å². The molecule has 3 rings (SSSR count). The Bertz CT molecular complexity index is 854. The number of benzene rings is 1. The van der Waals surface area contributed by atoms with E-state index in [1.807, 2.05) is 0 Å². The Balaban J connectivity index is 1.60. The van der Waals surface area contributed by atoms with Gasteiger partial charge in [-0.2, -0.15) is 0 Å². The SMILES string of the molecule is O=C(NS(=O)(=O)Cc1ccc(Cl)nc1)C1CC1c1ccc(F)cc1. The number of rotatable bonds is 5. The highest BCUT2D eigenvalue weighted by molar-refractivity contribution is 7.89. The van der Waals surface area contributed by atoms with Gasteiger partial charge in [-0.15, -0.1) is 0 Å². The zero-order chi connectivity index (χ0) is 17.3. The average Bonchev–Trinajstić information content (AvgIpc) is 3.30. The zero-order valence-corrected chi connectivity index (χ0v) is 14.0. The van der Waals surface area contributed by atoms with Crippen molar-refractivity contribution >= 4 is 27.5 Å². The van der Waals surface area contributed by atoms with Crippen molar-refractivity contribution in [2.75, 3.05) is 0 Å². The summed E-state index contributed by atoms with van der Waals surface area (Å²) in [7, 11) is -3.81. The number of amides is 1. The lowest BCUT2D eigenvalue weighted by atomic mass is 10.1. The maximum Gasteiger partial charge on any atom is 0.239 e. The van der Waals surface area contributed by atoms with Crippen molar-refractivity contribution in [1.82, 2.24) is 9.71 Å². The number of nitrogens with one attached hydrogen (secondary N) is 1. The summed E-state index contributed by atoms with van der Waals surface area (Å²) in [6.07, 6.45) is 1.90. The van der Waals surface area contributed by atoms with E-state index in [9.17, 15) is 17.6 Å². The number of hydrogen-bond donors (Lipinski definition) is 1. The molecule has 1 amide bonds. The predicted octanol–water partition coefficient (Wildman–Crippen LogP) is 2.62. The molecule has 0 bridgehead atoms. The van der Waals surface area contributed by atoms with Crippen molar-refractivity contribution in [2.45, 2.75) is 18.1 Å². The average molecular weight is 369 g/mol. The molecule has 1 heterocycles. The van der Waals surface area contributed by atoms with Crippen molar-refractivity contribution < 1.29 is 17.6 Å². The lowest BCUT2D eigenvalue weighted by molar-refractivity contribution is -0.120. The summed E-state index contributed by atoms with van der Waals surface area (Å²) in [6, 6.07) is 8.90. The van der Waals surface area contributed by atoms with E-state index < -0.39 is 21.8 Å². The van der Waals surface area contributed by atoms with Gasteiger partial charge >= 0.3 is 0 Å². The summed E-state index contributed by atoms with van der Waals surface area (Å²) >= 11 is 5.65. The molecular formula is C16H14ClFN2O3S. The highest BCUT2D eigenvalue weighted by Crippen LogP contribution is 2.47. The maximum atomic E-state index is 12.9. The highest BCUT2D eigenvalue weighted by atomic mass is 35.5. The van der Waals surface area contributed by atoms with E-state index in [1.165, 1.54) is 30.5 Å². The molecule has 1 aliphatic carbocycles. The number of hydrogen-bond acceptors (Lipinski definition) is 4. The van der Waals surface area contributed by atoms with Gasteiger partial charge in [0.05, 0.1) is 5.75 Å². The Morgan fingerprint density at radius 1 is 1.25 bits per heavy atom. The lowest BCUT2D eigenvalue weighted by Gasteiger charge is -2.07. The van der Waals surface area contributed by atoms with Crippen LogP contribution in [-0.2, 0) is 20.6 Å². The molecule has 1 aromatic heterocycles. The minimum atomic E-state index is -3.81. The Morgan fingerprint density at radius 2 is 1.96 bits per heavy atom. The summed E-state index contributed by atoms with van der Waals surface area (Å²) in [4.78, 5) is 15.9. The first kappa shape index (κ1) is 16.9. The molecule has 1 aliphatic rings. The first-order chi connectivity index (χ1) is 11.3. The van der Waals surface area contributed by atoms with Gasteiger partial charge in [-0.25, -0.2) is 17.8 Å². The first-order valence-electron chi connectivity index (χ1n) is 7.24. The molecule has 2 unspecified atom stereocenters. The van der Waals surface area contributed by atoms with Crippen LogP contribution in [0.5, 0.6) is 0 Å². The number of pyridine rings is 1. The molecule has 126 valence electrons. The van der Waals surface area contributed by atoms with Crippen molar-refractivity contribution in [1.29, 1.82) is 0 Å². The minimum absolute atomic E-state index is 0.0713. The third kappa shape index (κ3) is 4.10. The van der Waals surface area contributed by atoms with Gasteiger partial charge in [0, 0.05) is 12.1 Å². The molecule has 24 heavy (non-hydrogen) atoms. The monoisotopic (exact) mass is 368 g/mol. The summed E-state index contributed by atoms with van der Waals surface area (Å²) in [5, 5.41) is 0.264. The molecule has 0 radical (unpaired) electrons. The fourth-order valence-electron chi connectivity index (χ4n) is 2.54. The molecule has 2 aromatic rings. The maximum absolute atomic E-state index is 12.9. The number of halogens is 2. The van der Waals surface area contributed by atoms with Gasteiger partial charge in [-0.1, -0.05) is 29.8 Å². The van der Waals surface area contributed by atoms with Crippen LogP contribution in [0.2, 0.25) is 5.15 Å². The number of carbonyl (C=O) groups is 1. The van der Waals surface area contributed by atoms with Crippen molar-refractivity contribution in [2.24, 2.45) is 5.92 Å². The molecule has 1 saturated carbocycles. The molecule has 0 spiro atoms. The van der Waals surface area contributed by atoms with Gasteiger partial charge in [0.25, 0.3) is 0 Å². The number of carbonyl (C=O) groups excluding carboxylic acids is 1. The molecule has 0 aliphatic heterocycles. The summed E-state index contributed by atoms with van der Waals surface area (Å²) in [6.45, 7) is 0. The second kappa shape index (κ2) is 6.49. The molecule has 1 N–H and O–H groups in total. The third-order valence-corrected chi connectivity index (χ3v) is 5.28. The lowest BCUT2D eigenvalue weighted by Crippen LogP contribution is -2.33. The fraction of sp³-hybridized carbons (Fsp3) is 0.250. The summed E-state index contributed by atoms with van der Waals surface area (Å²) < 4.78 is 39.1. The molecule has 2 atom stereocenters. The van der Waals surface area contributed by atoms with E-state index in [0.717, 1.165) is 5.56 Å². The van der Waals surface area contributed by atoms with Crippen LogP contribution in [0.1, 0.15) is 23.5 Å². The molecule has 5 nitrogen and oxygen atoms in total. The van der Waals surface area contributed by atoms with E-state index in [-0.39, 0.29) is 22.6 Å². The van der Waals surface area contributed by atoms with Crippen LogP contribution in [0, 0.1) is 11.7 Å². The minimum Gasteiger partial charge on any atom is -0.274 e. The van der Waals surface area contributed by atoms with Crippen LogP contribution in [0.15, 0.2) is 42.6 Å². The van der Waals surface area contributed by atoms with Crippen LogP contribution in [0.25, 0.3) is 0 Å². The van der Waals surface area contributed by atoms with Crippen molar-refractivity contribution in [3.63, 3.8) is 0 Å². The van der Waals surface area contributed by atoms with Gasteiger partial charge in [-0.05, 0) is 41.7 Å². The molecule has 1 aromatic carbocycles. The summed E-state index contributed by atoms with van der Waals surface area (Å²) in [5.74, 6) is -1.71. The topological polar surface area (TPSA) is 76.1 Å². The third-order valence-electron chi connectivity index (χ3n) is 3.83. The van der Waals surface area contributed by atoms with E-state index >= 15 is 0 Å². The zero-order valence-electron chi connectivity index (χ0n) is 12.4. The van der Waals surface area contributed by atoms with E-state index in [0.29, 0.717) is 12.0 Å². The van der Waals surface area contributed by atoms with E-state index in [2.05, 4.69) is 9.71 Å². The van der Waals surface area contributed by atoms with E-state index in [4.69, 9.17) is 11.6 Å². The van der Waals surface area contributed by atoms with Gasteiger partial charge in [0.2, 0.25) is 15.9 Å². The molecule has 0 saturated heterocycles. The van der Waals surface area contributed by atoms with Crippen LogP contribution in [0.4, 0.5) is 4.39 Å². The normalized spacial score (nSPS) is 19.8. The first-order valence-corrected chi connectivity index (χ1v) is 9.27. The molecule has 8 heteroatoms. The highest BCUT2D eigenvalue weighted by Gasteiger charge is 2.44. The van der Waals surface area contributed by atoms with Crippen LogP contribution in [0.3, 0.4) is 0 Å². The number of nitrogens with zero attached hydrogens (tertiary/aromatic N) is 1. The van der Waals surface area contributed by atoms with Crippen LogP contribution >= 0.6 is 11.6 Å². The smallest absolute Gasteiger partial charge is 0.239 e. The second-order valence-corrected chi connectivity index (χ2v) is 7.82. The fourth-order valence-corrected chi connectivity index (χ4v) is 3.79. The summed E-state index contributed by atoms with van der Waals surface area (Å²) in [5.41, 5.74) is 1.27. The van der Waals surface area contributed by atoms with Crippen LogP contribution < -0.4 is 4.72 Å².